The molecule has 0 aliphatic rings. The monoisotopic (exact) mass is 234 g/mol. The number of benzene rings is 1. The highest BCUT2D eigenvalue weighted by atomic mass is 16.3. The first-order valence-electron chi connectivity index (χ1n) is 5.70. The summed E-state index contributed by atoms with van der Waals surface area (Å²) in [5.74, 6) is 0.0678. The van der Waals surface area contributed by atoms with Gasteiger partial charge in [0.25, 0.3) is 5.91 Å². The van der Waals surface area contributed by atoms with Crippen molar-refractivity contribution in [2.45, 2.75) is 27.2 Å². The molecule has 0 atom stereocenters. The number of amides is 1. The summed E-state index contributed by atoms with van der Waals surface area (Å²) >= 11 is 0. The Kier molecular flexibility index (Phi) is 4.69. The SMILES string of the molecule is CC/C(=N/NC(=O)c1cccc(O)c1)C(C)C. The number of aromatic hydroxyl groups is 1. The van der Waals surface area contributed by atoms with Crippen LogP contribution in [0.4, 0.5) is 0 Å². The Morgan fingerprint density at radius 3 is 2.71 bits per heavy atom. The van der Waals surface area contributed by atoms with Gasteiger partial charge < -0.3 is 5.11 Å². The van der Waals surface area contributed by atoms with Gasteiger partial charge in [-0.3, -0.25) is 4.79 Å². The summed E-state index contributed by atoms with van der Waals surface area (Å²) in [6.45, 7) is 6.06. The minimum Gasteiger partial charge on any atom is -0.508 e. The molecule has 4 nitrogen and oxygen atoms in total. The van der Waals surface area contributed by atoms with Crippen molar-refractivity contribution in [2.24, 2.45) is 11.0 Å². The molecule has 0 unspecified atom stereocenters. The Morgan fingerprint density at radius 1 is 1.47 bits per heavy atom. The van der Waals surface area contributed by atoms with Crippen molar-refractivity contribution in [3.05, 3.63) is 29.8 Å². The molecule has 1 aromatic rings. The lowest BCUT2D eigenvalue weighted by Gasteiger charge is -2.07. The van der Waals surface area contributed by atoms with E-state index in [0.29, 0.717) is 11.5 Å². The molecule has 0 spiro atoms. The first-order chi connectivity index (χ1) is 8.04. The van der Waals surface area contributed by atoms with Crippen molar-refractivity contribution in [1.29, 1.82) is 0 Å². The molecule has 0 fully saturated rings. The van der Waals surface area contributed by atoms with Crippen molar-refractivity contribution in [2.75, 3.05) is 0 Å². The maximum absolute atomic E-state index is 11.7. The first kappa shape index (κ1) is 13.2. The molecule has 0 radical (unpaired) electrons. The van der Waals surface area contributed by atoms with Crippen LogP contribution in [0.3, 0.4) is 0 Å². The number of rotatable bonds is 4. The quantitative estimate of drug-likeness (QED) is 0.621. The zero-order chi connectivity index (χ0) is 12.8. The van der Waals surface area contributed by atoms with E-state index in [9.17, 15) is 9.90 Å². The van der Waals surface area contributed by atoms with Gasteiger partial charge in [0.05, 0.1) is 0 Å². The topological polar surface area (TPSA) is 61.7 Å². The van der Waals surface area contributed by atoms with Crippen LogP contribution in [0.25, 0.3) is 0 Å². The smallest absolute Gasteiger partial charge is 0.271 e. The van der Waals surface area contributed by atoms with Crippen molar-refractivity contribution < 1.29 is 9.90 Å². The third kappa shape index (κ3) is 3.90. The number of carbonyl (C=O) groups is 1. The molecule has 0 bridgehead atoms. The summed E-state index contributed by atoms with van der Waals surface area (Å²) in [5, 5.41) is 13.3. The Labute approximate surface area is 101 Å². The molecule has 0 aliphatic heterocycles. The van der Waals surface area contributed by atoms with Crippen LogP contribution in [-0.4, -0.2) is 16.7 Å². The number of hydrazone groups is 1. The van der Waals surface area contributed by atoms with Crippen LogP contribution < -0.4 is 5.43 Å². The molecular formula is C13H18N2O2. The molecule has 17 heavy (non-hydrogen) atoms. The third-order valence-electron chi connectivity index (χ3n) is 2.44. The number of hydrogen-bond acceptors (Lipinski definition) is 3. The Bertz CT molecular complexity index is 425. The van der Waals surface area contributed by atoms with E-state index in [-0.39, 0.29) is 11.7 Å². The van der Waals surface area contributed by atoms with Crippen LogP contribution >= 0.6 is 0 Å². The zero-order valence-electron chi connectivity index (χ0n) is 10.4. The van der Waals surface area contributed by atoms with Gasteiger partial charge >= 0.3 is 0 Å². The predicted molar refractivity (Wildman–Crippen MR) is 68.1 cm³/mol. The van der Waals surface area contributed by atoms with Gasteiger partial charge in [-0.25, -0.2) is 5.43 Å². The number of nitrogens with one attached hydrogen (secondary N) is 1. The summed E-state index contributed by atoms with van der Waals surface area (Å²) in [6.07, 6.45) is 0.804. The predicted octanol–water partition coefficient (Wildman–Crippen LogP) is 2.54. The summed E-state index contributed by atoms with van der Waals surface area (Å²) in [4.78, 5) is 11.7. The van der Waals surface area contributed by atoms with Gasteiger partial charge in [0.15, 0.2) is 0 Å². The van der Waals surface area contributed by atoms with E-state index in [1.54, 1.807) is 12.1 Å². The highest BCUT2D eigenvalue weighted by Crippen LogP contribution is 2.10. The van der Waals surface area contributed by atoms with E-state index in [1.165, 1.54) is 12.1 Å². The van der Waals surface area contributed by atoms with Gasteiger partial charge in [0.1, 0.15) is 5.75 Å². The van der Waals surface area contributed by atoms with E-state index < -0.39 is 0 Å². The lowest BCUT2D eigenvalue weighted by Crippen LogP contribution is -2.21. The van der Waals surface area contributed by atoms with Crippen LogP contribution in [0.1, 0.15) is 37.6 Å². The average molecular weight is 234 g/mol. The van der Waals surface area contributed by atoms with Crippen LogP contribution in [-0.2, 0) is 0 Å². The summed E-state index contributed by atoms with van der Waals surface area (Å²) in [7, 11) is 0. The molecule has 0 saturated heterocycles. The van der Waals surface area contributed by atoms with Crippen LogP contribution in [0, 0.1) is 5.92 Å². The number of phenolic OH excluding ortho intramolecular Hbond substituents is 1. The van der Waals surface area contributed by atoms with Gasteiger partial charge in [-0.1, -0.05) is 26.8 Å². The summed E-state index contributed by atoms with van der Waals surface area (Å²) < 4.78 is 0. The van der Waals surface area contributed by atoms with Crippen LogP contribution in [0.15, 0.2) is 29.4 Å². The molecule has 0 aliphatic carbocycles. The molecule has 4 heteroatoms. The highest BCUT2D eigenvalue weighted by Gasteiger charge is 2.07. The number of hydrogen-bond donors (Lipinski definition) is 2. The number of phenols is 1. The molecule has 2 N–H and O–H groups in total. The second kappa shape index (κ2) is 6.03. The maximum Gasteiger partial charge on any atom is 0.271 e. The lowest BCUT2D eigenvalue weighted by atomic mass is 10.1. The van der Waals surface area contributed by atoms with E-state index in [0.717, 1.165) is 12.1 Å². The van der Waals surface area contributed by atoms with Gasteiger partial charge in [0.2, 0.25) is 0 Å². The maximum atomic E-state index is 11.7. The Balaban J connectivity index is 2.73. The van der Waals surface area contributed by atoms with E-state index >= 15 is 0 Å². The molecular weight excluding hydrogens is 216 g/mol. The summed E-state index contributed by atoms with van der Waals surface area (Å²) in [5.41, 5.74) is 3.84. The van der Waals surface area contributed by atoms with Crippen molar-refractivity contribution in [1.82, 2.24) is 5.43 Å². The fraction of sp³-hybridized carbons (Fsp3) is 0.385. The standard InChI is InChI=1S/C13H18N2O2/c1-4-12(9(2)3)14-15-13(17)10-6-5-7-11(16)8-10/h5-9,16H,4H2,1-3H3,(H,15,17)/b14-12-. The number of carbonyl (C=O) groups excluding carboxylic acids is 1. The Morgan fingerprint density at radius 2 is 2.18 bits per heavy atom. The fourth-order valence-corrected chi connectivity index (χ4v) is 1.45. The minimum absolute atomic E-state index is 0.0706. The third-order valence-corrected chi connectivity index (χ3v) is 2.44. The fourth-order valence-electron chi connectivity index (χ4n) is 1.45. The normalized spacial score (nSPS) is 11.6. The Hall–Kier alpha value is -1.84. The largest absolute Gasteiger partial charge is 0.508 e. The van der Waals surface area contributed by atoms with E-state index in [4.69, 9.17) is 0 Å². The molecule has 0 saturated carbocycles. The molecule has 1 rings (SSSR count). The molecule has 1 amide bonds. The zero-order valence-corrected chi connectivity index (χ0v) is 10.4. The van der Waals surface area contributed by atoms with Crippen LogP contribution in [0.5, 0.6) is 5.75 Å². The second-order valence-corrected chi connectivity index (χ2v) is 4.10. The first-order valence-corrected chi connectivity index (χ1v) is 5.70. The second-order valence-electron chi connectivity index (χ2n) is 4.10. The number of nitrogens with zero attached hydrogens (tertiary/aromatic N) is 1. The lowest BCUT2D eigenvalue weighted by molar-refractivity contribution is 0.0954. The molecule has 0 aromatic heterocycles. The van der Waals surface area contributed by atoms with E-state index in [2.05, 4.69) is 10.5 Å². The van der Waals surface area contributed by atoms with Gasteiger partial charge in [0, 0.05) is 11.3 Å². The minimum atomic E-state index is -0.312. The summed E-state index contributed by atoms with van der Waals surface area (Å²) in [6, 6.07) is 6.18. The average Bonchev–Trinajstić information content (AvgIpc) is 2.29. The van der Waals surface area contributed by atoms with Crippen LogP contribution in [0.2, 0.25) is 0 Å². The van der Waals surface area contributed by atoms with Gasteiger partial charge in [-0.2, -0.15) is 5.10 Å². The van der Waals surface area contributed by atoms with Gasteiger partial charge in [-0.15, -0.1) is 0 Å². The molecule has 0 heterocycles. The van der Waals surface area contributed by atoms with Crippen molar-refractivity contribution in [3.8, 4) is 5.75 Å². The molecule has 1 aromatic carbocycles. The van der Waals surface area contributed by atoms with Gasteiger partial charge in [-0.05, 0) is 30.5 Å². The highest BCUT2D eigenvalue weighted by molar-refractivity contribution is 5.96. The van der Waals surface area contributed by atoms with Crippen molar-refractivity contribution >= 4 is 11.6 Å². The molecule has 92 valence electrons. The van der Waals surface area contributed by atoms with Crippen molar-refractivity contribution in [3.63, 3.8) is 0 Å². The van der Waals surface area contributed by atoms with E-state index in [1.807, 2.05) is 20.8 Å².